The Morgan fingerprint density at radius 2 is 2.22 bits per heavy atom. The number of carbonyl (C=O) groups is 1. The predicted octanol–water partition coefficient (Wildman–Crippen LogP) is 3.15. The van der Waals surface area contributed by atoms with Crippen LogP contribution >= 0.6 is 0 Å². The molecule has 0 radical (unpaired) electrons. The summed E-state index contributed by atoms with van der Waals surface area (Å²) in [6.45, 7) is 8.82. The number of carbonyl (C=O) groups excluding carboxylic acids is 1. The summed E-state index contributed by atoms with van der Waals surface area (Å²) >= 11 is 0. The maximum absolute atomic E-state index is 12.1. The number of benzene rings is 1. The van der Waals surface area contributed by atoms with Crippen molar-refractivity contribution < 1.29 is 4.79 Å². The minimum Gasteiger partial charge on any atom is -0.361 e. The second kappa shape index (κ2) is 6.75. The van der Waals surface area contributed by atoms with Gasteiger partial charge in [-0.25, -0.2) is 0 Å². The lowest BCUT2D eigenvalue weighted by atomic mass is 9.92. The van der Waals surface area contributed by atoms with Gasteiger partial charge in [0, 0.05) is 48.7 Å². The van der Waals surface area contributed by atoms with E-state index in [0.29, 0.717) is 12.0 Å². The Bertz CT molecular complexity index is 676. The van der Waals surface area contributed by atoms with Gasteiger partial charge in [0.2, 0.25) is 5.91 Å². The zero-order chi connectivity index (χ0) is 16.4. The highest BCUT2D eigenvalue weighted by molar-refractivity contribution is 5.82. The predicted molar refractivity (Wildman–Crippen MR) is 94.1 cm³/mol. The van der Waals surface area contributed by atoms with Gasteiger partial charge in [0.05, 0.1) is 0 Å². The van der Waals surface area contributed by atoms with Crippen molar-refractivity contribution in [2.45, 2.75) is 39.8 Å². The molecule has 1 aliphatic heterocycles. The average molecular weight is 313 g/mol. The molecule has 1 aromatic carbocycles. The van der Waals surface area contributed by atoms with Gasteiger partial charge in [-0.1, -0.05) is 32.9 Å². The van der Waals surface area contributed by atoms with Gasteiger partial charge in [-0.15, -0.1) is 0 Å². The third-order valence-corrected chi connectivity index (χ3v) is 4.95. The molecule has 0 spiro atoms. The fourth-order valence-corrected chi connectivity index (χ4v) is 3.56. The number of rotatable bonds is 4. The molecule has 2 heterocycles. The van der Waals surface area contributed by atoms with Crippen LogP contribution in [-0.2, 0) is 11.3 Å². The van der Waals surface area contributed by atoms with Crippen LogP contribution in [0.2, 0.25) is 0 Å². The Morgan fingerprint density at radius 1 is 1.39 bits per heavy atom. The molecule has 1 aromatic heterocycles. The molecule has 4 heteroatoms. The summed E-state index contributed by atoms with van der Waals surface area (Å²) in [7, 11) is 0. The number of piperidine rings is 1. The number of hydrogen-bond acceptors (Lipinski definition) is 2. The van der Waals surface area contributed by atoms with E-state index in [1.807, 2.05) is 24.9 Å². The molecule has 2 N–H and O–H groups in total. The highest BCUT2D eigenvalue weighted by Crippen LogP contribution is 2.21. The minimum absolute atomic E-state index is 0.0953. The van der Waals surface area contributed by atoms with E-state index in [9.17, 15) is 4.79 Å². The largest absolute Gasteiger partial charge is 0.361 e. The average Bonchev–Trinajstić information content (AvgIpc) is 3.02. The monoisotopic (exact) mass is 313 g/mol. The fraction of sp³-hybridized carbons (Fsp3) is 0.526. The maximum Gasteiger partial charge on any atom is 0.225 e. The van der Waals surface area contributed by atoms with Gasteiger partial charge in [0.25, 0.3) is 0 Å². The molecule has 2 atom stereocenters. The standard InChI is InChI=1S/C19H27N3O/c1-13(2)19(23)22-10-8-17(14(3)12-22)21-11-15-5-4-6-18-16(15)7-9-20-18/h4-7,9,13-14,17,20-21H,8,10-12H2,1-3H3/t14-,17-/m0/s1. The van der Waals surface area contributed by atoms with Crippen molar-refractivity contribution in [3.63, 3.8) is 0 Å². The Labute approximate surface area is 138 Å². The van der Waals surface area contributed by atoms with E-state index in [1.165, 1.54) is 16.5 Å². The molecule has 1 aliphatic rings. The molecule has 23 heavy (non-hydrogen) atoms. The smallest absolute Gasteiger partial charge is 0.225 e. The summed E-state index contributed by atoms with van der Waals surface area (Å²) < 4.78 is 0. The molecule has 2 aromatic rings. The van der Waals surface area contributed by atoms with Crippen LogP contribution in [0.4, 0.5) is 0 Å². The normalized spacial score (nSPS) is 22.0. The van der Waals surface area contributed by atoms with Crippen LogP contribution < -0.4 is 5.32 Å². The molecule has 0 unspecified atom stereocenters. The Morgan fingerprint density at radius 3 is 2.96 bits per heavy atom. The van der Waals surface area contributed by atoms with Gasteiger partial charge in [0.15, 0.2) is 0 Å². The van der Waals surface area contributed by atoms with Gasteiger partial charge in [-0.2, -0.15) is 0 Å². The lowest BCUT2D eigenvalue weighted by Crippen LogP contribution is -2.50. The third kappa shape index (κ3) is 3.42. The minimum atomic E-state index is 0.0953. The molecule has 124 valence electrons. The van der Waals surface area contributed by atoms with Crippen molar-refractivity contribution in [2.75, 3.05) is 13.1 Å². The van der Waals surface area contributed by atoms with Gasteiger partial charge < -0.3 is 15.2 Å². The van der Waals surface area contributed by atoms with Crippen molar-refractivity contribution in [3.05, 3.63) is 36.0 Å². The number of H-pyrrole nitrogens is 1. The molecule has 1 saturated heterocycles. The molecule has 3 rings (SSSR count). The number of fused-ring (bicyclic) bond motifs is 1. The molecule has 0 aliphatic carbocycles. The number of nitrogens with one attached hydrogen (secondary N) is 2. The van der Waals surface area contributed by atoms with Crippen LogP contribution in [0.25, 0.3) is 10.9 Å². The molecule has 0 saturated carbocycles. The molecule has 1 fully saturated rings. The number of amides is 1. The molecule has 4 nitrogen and oxygen atoms in total. The second-order valence-corrected chi connectivity index (χ2v) is 7.05. The van der Waals surface area contributed by atoms with E-state index in [1.54, 1.807) is 0 Å². The highest BCUT2D eigenvalue weighted by atomic mass is 16.2. The number of hydrogen-bond donors (Lipinski definition) is 2. The van der Waals surface area contributed by atoms with Crippen LogP contribution in [0.15, 0.2) is 30.5 Å². The SMILES string of the molecule is CC(C)C(=O)N1CC[C@H](NCc2cccc3[nH]ccc23)[C@@H](C)C1. The van der Waals surface area contributed by atoms with E-state index in [0.717, 1.165) is 26.1 Å². The summed E-state index contributed by atoms with van der Waals surface area (Å²) in [5, 5.41) is 5.00. The lowest BCUT2D eigenvalue weighted by Gasteiger charge is -2.38. The summed E-state index contributed by atoms with van der Waals surface area (Å²) in [5.74, 6) is 0.863. The molecule has 0 bridgehead atoms. The Balaban J connectivity index is 1.59. The summed E-state index contributed by atoms with van der Waals surface area (Å²) in [6.07, 6.45) is 3.02. The Kier molecular flexibility index (Phi) is 4.71. The van der Waals surface area contributed by atoms with Gasteiger partial charge in [-0.3, -0.25) is 4.79 Å². The first-order valence-corrected chi connectivity index (χ1v) is 8.63. The number of likely N-dealkylation sites (tertiary alicyclic amines) is 1. The van der Waals surface area contributed by atoms with E-state index < -0.39 is 0 Å². The van der Waals surface area contributed by atoms with Crippen molar-refractivity contribution in [2.24, 2.45) is 11.8 Å². The topological polar surface area (TPSA) is 48.1 Å². The number of aromatic amines is 1. The first-order chi connectivity index (χ1) is 11.1. The van der Waals surface area contributed by atoms with Crippen molar-refractivity contribution in [3.8, 4) is 0 Å². The zero-order valence-corrected chi connectivity index (χ0v) is 14.3. The maximum atomic E-state index is 12.1. The highest BCUT2D eigenvalue weighted by Gasteiger charge is 2.29. The van der Waals surface area contributed by atoms with Crippen molar-refractivity contribution in [1.82, 2.24) is 15.2 Å². The summed E-state index contributed by atoms with van der Waals surface area (Å²) in [6, 6.07) is 9.01. The van der Waals surface area contributed by atoms with Crippen LogP contribution in [0, 0.1) is 11.8 Å². The molecule has 1 amide bonds. The summed E-state index contributed by atoms with van der Waals surface area (Å²) in [4.78, 5) is 17.4. The van der Waals surface area contributed by atoms with Gasteiger partial charge in [-0.05, 0) is 30.0 Å². The van der Waals surface area contributed by atoms with Crippen LogP contribution in [-0.4, -0.2) is 34.9 Å². The number of aromatic nitrogens is 1. The third-order valence-electron chi connectivity index (χ3n) is 4.95. The van der Waals surface area contributed by atoms with Crippen LogP contribution in [0.1, 0.15) is 32.8 Å². The first-order valence-electron chi connectivity index (χ1n) is 8.63. The van der Waals surface area contributed by atoms with E-state index in [4.69, 9.17) is 0 Å². The van der Waals surface area contributed by atoms with E-state index in [2.05, 4.69) is 41.5 Å². The van der Waals surface area contributed by atoms with E-state index >= 15 is 0 Å². The van der Waals surface area contributed by atoms with Gasteiger partial charge >= 0.3 is 0 Å². The molecular formula is C19H27N3O. The van der Waals surface area contributed by atoms with Crippen LogP contribution in [0.3, 0.4) is 0 Å². The quantitative estimate of drug-likeness (QED) is 0.911. The van der Waals surface area contributed by atoms with Crippen molar-refractivity contribution in [1.29, 1.82) is 0 Å². The number of nitrogens with zero attached hydrogens (tertiary/aromatic N) is 1. The van der Waals surface area contributed by atoms with Crippen LogP contribution in [0.5, 0.6) is 0 Å². The lowest BCUT2D eigenvalue weighted by molar-refractivity contribution is -0.136. The first kappa shape index (κ1) is 16.1. The van der Waals surface area contributed by atoms with Gasteiger partial charge in [0.1, 0.15) is 0 Å². The second-order valence-electron chi connectivity index (χ2n) is 7.05. The zero-order valence-electron chi connectivity index (χ0n) is 14.3. The summed E-state index contributed by atoms with van der Waals surface area (Å²) in [5.41, 5.74) is 2.52. The molecular weight excluding hydrogens is 286 g/mol. The van der Waals surface area contributed by atoms with E-state index in [-0.39, 0.29) is 11.8 Å². The Hall–Kier alpha value is -1.81. The van der Waals surface area contributed by atoms with Crippen molar-refractivity contribution >= 4 is 16.8 Å². The fourth-order valence-electron chi connectivity index (χ4n) is 3.56.